The van der Waals surface area contributed by atoms with Gasteiger partial charge in [0, 0.05) is 12.6 Å². The van der Waals surface area contributed by atoms with E-state index in [4.69, 9.17) is 10.5 Å². The molecule has 0 aliphatic rings. The van der Waals surface area contributed by atoms with Crippen molar-refractivity contribution in [3.8, 4) is 22.3 Å². The molecule has 0 radical (unpaired) electrons. The highest BCUT2D eigenvalue weighted by atomic mass is 16.5. The first-order valence-corrected chi connectivity index (χ1v) is 8.43. The second kappa shape index (κ2) is 7.74. The summed E-state index contributed by atoms with van der Waals surface area (Å²) >= 11 is 0. The number of hydrogen-bond donors (Lipinski definition) is 2. The van der Waals surface area contributed by atoms with Crippen LogP contribution in [0, 0.1) is 0 Å². The summed E-state index contributed by atoms with van der Waals surface area (Å²) in [6.07, 6.45) is 0.824. The summed E-state index contributed by atoms with van der Waals surface area (Å²) < 4.78 is 4.86. The van der Waals surface area contributed by atoms with E-state index in [1.54, 1.807) is 25.2 Å². The van der Waals surface area contributed by atoms with Crippen LogP contribution in [0.15, 0.2) is 60.7 Å². The maximum atomic E-state index is 12.1. The maximum Gasteiger partial charge on any atom is 0.340 e. The Bertz CT molecular complexity index is 978. The average molecular weight is 360 g/mol. The Hall–Kier alpha value is -3.60. The second-order valence-corrected chi connectivity index (χ2v) is 6.05. The number of nitrogens with one attached hydrogen (secondary N) is 1. The van der Waals surface area contributed by atoms with Gasteiger partial charge in [-0.3, -0.25) is 4.79 Å². The molecule has 0 atom stereocenters. The molecule has 27 heavy (non-hydrogen) atoms. The number of carbonyl (C=O) groups excluding carboxylic acids is 2. The average Bonchev–Trinajstić information content (AvgIpc) is 2.72. The predicted molar refractivity (Wildman–Crippen MR) is 108 cm³/mol. The molecule has 136 valence electrons. The van der Waals surface area contributed by atoms with Crippen molar-refractivity contribution in [2.24, 2.45) is 0 Å². The van der Waals surface area contributed by atoms with Gasteiger partial charge in [0.25, 0.3) is 0 Å². The van der Waals surface area contributed by atoms with Crippen LogP contribution in [0.2, 0.25) is 0 Å². The molecule has 3 aromatic carbocycles. The van der Waals surface area contributed by atoms with E-state index in [1.165, 1.54) is 7.11 Å². The first-order chi connectivity index (χ1) is 13.1. The highest BCUT2D eigenvalue weighted by molar-refractivity contribution is 6.00. The van der Waals surface area contributed by atoms with Gasteiger partial charge in [-0.15, -0.1) is 0 Å². The van der Waals surface area contributed by atoms with Crippen LogP contribution < -0.4 is 11.1 Å². The molecule has 0 aliphatic heterocycles. The minimum absolute atomic E-state index is 0.392. The van der Waals surface area contributed by atoms with Gasteiger partial charge in [0.1, 0.15) is 6.29 Å². The van der Waals surface area contributed by atoms with Crippen LogP contribution in [0.1, 0.15) is 20.7 Å². The zero-order valence-corrected chi connectivity index (χ0v) is 15.2. The highest BCUT2D eigenvalue weighted by Gasteiger charge is 2.16. The largest absolute Gasteiger partial charge is 0.465 e. The van der Waals surface area contributed by atoms with E-state index in [1.807, 2.05) is 42.5 Å². The lowest BCUT2D eigenvalue weighted by atomic mass is 9.97. The fourth-order valence-corrected chi connectivity index (χ4v) is 2.99. The molecule has 0 heterocycles. The van der Waals surface area contributed by atoms with Crippen molar-refractivity contribution in [3.05, 3.63) is 71.8 Å². The number of nitrogens with two attached hydrogens (primary N) is 1. The molecular weight excluding hydrogens is 340 g/mol. The lowest BCUT2D eigenvalue weighted by Crippen LogP contribution is -2.08. The summed E-state index contributed by atoms with van der Waals surface area (Å²) in [5.74, 6) is -0.445. The van der Waals surface area contributed by atoms with Gasteiger partial charge in [0.15, 0.2) is 0 Å². The van der Waals surface area contributed by atoms with Gasteiger partial charge in [0.2, 0.25) is 0 Å². The molecule has 0 aliphatic carbocycles. The lowest BCUT2D eigenvalue weighted by Gasteiger charge is -2.13. The van der Waals surface area contributed by atoms with Crippen molar-refractivity contribution in [2.45, 2.75) is 0 Å². The topological polar surface area (TPSA) is 81.4 Å². The summed E-state index contributed by atoms with van der Waals surface area (Å²) in [6, 6.07) is 18.9. The summed E-state index contributed by atoms with van der Waals surface area (Å²) in [4.78, 5) is 22.9. The number of ether oxygens (including phenoxy) is 1. The van der Waals surface area contributed by atoms with E-state index in [9.17, 15) is 9.59 Å². The number of benzene rings is 3. The molecule has 0 aromatic heterocycles. The molecule has 0 spiro atoms. The van der Waals surface area contributed by atoms with Crippen molar-refractivity contribution >= 4 is 23.6 Å². The van der Waals surface area contributed by atoms with Crippen molar-refractivity contribution in [1.82, 2.24) is 0 Å². The molecule has 0 saturated heterocycles. The Balaban J connectivity index is 1.98. The third-order valence-electron chi connectivity index (χ3n) is 4.42. The van der Waals surface area contributed by atoms with Gasteiger partial charge in [-0.1, -0.05) is 48.5 Å². The number of nitrogen functional groups attached to an aromatic ring is 1. The molecule has 0 bridgehead atoms. The SMILES string of the molecule is CNc1c(N)cc(-c2ccc(-c3ccc(C=O)cc3)cc2)cc1C(=O)OC. The molecule has 3 N–H and O–H groups in total. The molecule has 0 unspecified atom stereocenters. The van der Waals surface area contributed by atoms with E-state index in [-0.39, 0.29) is 0 Å². The number of methoxy groups -OCH3 is 1. The number of hydrogen-bond acceptors (Lipinski definition) is 5. The fraction of sp³-hybridized carbons (Fsp3) is 0.0909. The number of anilines is 2. The first-order valence-electron chi connectivity index (χ1n) is 8.43. The Morgan fingerprint density at radius 2 is 1.44 bits per heavy atom. The Morgan fingerprint density at radius 3 is 1.93 bits per heavy atom. The van der Waals surface area contributed by atoms with Crippen molar-refractivity contribution < 1.29 is 14.3 Å². The number of aldehydes is 1. The summed E-state index contributed by atoms with van der Waals surface area (Å²) in [6.45, 7) is 0. The third-order valence-corrected chi connectivity index (χ3v) is 4.42. The smallest absolute Gasteiger partial charge is 0.340 e. The normalized spacial score (nSPS) is 10.3. The predicted octanol–water partition coefficient (Wildman–Crippen LogP) is 4.24. The molecule has 3 rings (SSSR count). The van der Waals surface area contributed by atoms with Crippen LogP contribution in [0.4, 0.5) is 11.4 Å². The zero-order valence-electron chi connectivity index (χ0n) is 15.2. The Kier molecular flexibility index (Phi) is 5.22. The van der Waals surface area contributed by atoms with E-state index in [0.717, 1.165) is 28.5 Å². The first kappa shape index (κ1) is 18.2. The molecular formula is C22H20N2O3. The molecule has 5 nitrogen and oxygen atoms in total. The van der Waals surface area contributed by atoms with Gasteiger partial charge in [-0.25, -0.2) is 4.79 Å². The molecule has 3 aromatic rings. The number of carbonyl (C=O) groups is 2. The van der Waals surface area contributed by atoms with Crippen LogP contribution >= 0.6 is 0 Å². The standard InChI is InChI=1S/C22H20N2O3/c1-24-21-19(22(26)27-2)11-18(12-20(21)23)17-9-7-16(8-10-17)15-5-3-14(13-25)4-6-15/h3-13,24H,23H2,1-2H3. The minimum Gasteiger partial charge on any atom is -0.465 e. The third kappa shape index (κ3) is 3.67. The molecule has 0 fully saturated rings. The lowest BCUT2D eigenvalue weighted by molar-refractivity contribution is 0.0602. The summed E-state index contributed by atoms with van der Waals surface area (Å²) in [5, 5.41) is 2.95. The molecule has 0 saturated carbocycles. The van der Waals surface area contributed by atoms with Crippen LogP contribution in [0.3, 0.4) is 0 Å². The zero-order chi connectivity index (χ0) is 19.4. The van der Waals surface area contributed by atoms with Gasteiger partial charge in [0.05, 0.1) is 24.0 Å². The van der Waals surface area contributed by atoms with E-state index >= 15 is 0 Å². The fourth-order valence-electron chi connectivity index (χ4n) is 2.99. The van der Waals surface area contributed by atoms with E-state index in [0.29, 0.717) is 22.5 Å². The number of rotatable bonds is 5. The summed E-state index contributed by atoms with van der Waals surface area (Å²) in [7, 11) is 3.05. The van der Waals surface area contributed by atoms with Crippen molar-refractivity contribution in [3.63, 3.8) is 0 Å². The maximum absolute atomic E-state index is 12.1. The highest BCUT2D eigenvalue weighted by Crippen LogP contribution is 2.32. The minimum atomic E-state index is -0.445. The van der Waals surface area contributed by atoms with Crippen LogP contribution in [0.25, 0.3) is 22.3 Å². The van der Waals surface area contributed by atoms with Gasteiger partial charge < -0.3 is 15.8 Å². The van der Waals surface area contributed by atoms with Crippen molar-refractivity contribution in [1.29, 1.82) is 0 Å². The van der Waals surface area contributed by atoms with Crippen LogP contribution in [0.5, 0.6) is 0 Å². The van der Waals surface area contributed by atoms with E-state index < -0.39 is 5.97 Å². The molecule has 0 amide bonds. The van der Waals surface area contributed by atoms with Gasteiger partial charge >= 0.3 is 5.97 Å². The monoisotopic (exact) mass is 360 g/mol. The van der Waals surface area contributed by atoms with E-state index in [2.05, 4.69) is 5.32 Å². The molecule has 5 heteroatoms. The van der Waals surface area contributed by atoms with Crippen molar-refractivity contribution in [2.75, 3.05) is 25.2 Å². The Labute approximate surface area is 157 Å². The van der Waals surface area contributed by atoms with Gasteiger partial charge in [-0.05, 0) is 34.4 Å². The second-order valence-electron chi connectivity index (χ2n) is 6.05. The van der Waals surface area contributed by atoms with Gasteiger partial charge in [-0.2, -0.15) is 0 Å². The summed E-state index contributed by atoms with van der Waals surface area (Å²) in [5.41, 5.74) is 12.0. The van der Waals surface area contributed by atoms with Crippen LogP contribution in [-0.4, -0.2) is 26.4 Å². The van der Waals surface area contributed by atoms with Crippen LogP contribution in [-0.2, 0) is 4.74 Å². The number of esters is 1. The quantitative estimate of drug-likeness (QED) is 0.404. The Morgan fingerprint density at radius 1 is 0.926 bits per heavy atom.